The van der Waals surface area contributed by atoms with Crippen LogP contribution >= 0.6 is 11.8 Å². The number of aromatic nitrogens is 1. The van der Waals surface area contributed by atoms with Gasteiger partial charge < -0.3 is 10.3 Å². The molecular formula is C21H21FN2O3S. The lowest BCUT2D eigenvalue weighted by Crippen LogP contribution is -2.36. The SMILES string of the molecule is CC1(C)CC(=O)c2cc(C(=O)NC3CCSc4ccc(F)cc43)c(=O)[nH]c2C1. The van der Waals surface area contributed by atoms with E-state index in [0.29, 0.717) is 30.5 Å². The number of Topliss-reactive ketones (excluding diaryl/α,β-unsaturated/α-hetero) is 1. The van der Waals surface area contributed by atoms with Crippen LogP contribution in [0.15, 0.2) is 34.0 Å². The average Bonchev–Trinajstić information content (AvgIpc) is 2.60. The minimum Gasteiger partial charge on any atom is -0.345 e. The molecule has 0 saturated carbocycles. The number of rotatable bonds is 2. The van der Waals surface area contributed by atoms with Crippen molar-refractivity contribution in [3.63, 3.8) is 0 Å². The number of fused-ring (bicyclic) bond motifs is 2. The maximum Gasteiger partial charge on any atom is 0.261 e. The number of amides is 1. The first-order valence-electron chi connectivity index (χ1n) is 9.26. The van der Waals surface area contributed by atoms with Crippen molar-refractivity contribution in [2.75, 3.05) is 5.75 Å². The molecule has 2 aromatic rings. The number of H-pyrrole nitrogens is 1. The van der Waals surface area contributed by atoms with Gasteiger partial charge in [-0.2, -0.15) is 0 Å². The van der Waals surface area contributed by atoms with Crippen molar-refractivity contribution in [3.05, 3.63) is 62.8 Å². The molecule has 1 aromatic carbocycles. The molecule has 0 saturated heterocycles. The van der Waals surface area contributed by atoms with Gasteiger partial charge in [-0.25, -0.2) is 4.39 Å². The lowest BCUT2D eigenvalue weighted by Gasteiger charge is -2.30. The van der Waals surface area contributed by atoms with Crippen molar-refractivity contribution in [2.24, 2.45) is 5.41 Å². The van der Waals surface area contributed by atoms with Crippen LogP contribution in [0.5, 0.6) is 0 Å². The molecule has 0 fully saturated rings. The number of ketones is 1. The first-order chi connectivity index (χ1) is 13.2. The van der Waals surface area contributed by atoms with E-state index in [0.717, 1.165) is 16.2 Å². The highest BCUT2D eigenvalue weighted by molar-refractivity contribution is 7.99. The lowest BCUT2D eigenvalue weighted by molar-refractivity contribution is 0.0910. The van der Waals surface area contributed by atoms with Crippen LogP contribution in [0, 0.1) is 11.2 Å². The van der Waals surface area contributed by atoms with E-state index in [1.165, 1.54) is 18.2 Å². The summed E-state index contributed by atoms with van der Waals surface area (Å²) in [6, 6.07) is 5.57. The maximum absolute atomic E-state index is 13.7. The summed E-state index contributed by atoms with van der Waals surface area (Å²) < 4.78 is 13.7. The Hall–Kier alpha value is -2.41. The number of aromatic amines is 1. The molecule has 1 unspecified atom stereocenters. The van der Waals surface area contributed by atoms with Crippen LogP contribution < -0.4 is 10.9 Å². The number of carbonyl (C=O) groups is 2. The Kier molecular flexibility index (Phi) is 4.65. The Morgan fingerprint density at radius 3 is 2.82 bits per heavy atom. The van der Waals surface area contributed by atoms with E-state index in [-0.39, 0.29) is 28.6 Å². The van der Waals surface area contributed by atoms with Gasteiger partial charge >= 0.3 is 0 Å². The number of halogens is 1. The second-order valence-corrected chi connectivity index (χ2v) is 9.33. The molecule has 2 aliphatic rings. The van der Waals surface area contributed by atoms with Crippen LogP contribution in [0.1, 0.15) is 64.7 Å². The molecule has 1 aliphatic heterocycles. The monoisotopic (exact) mass is 400 g/mol. The number of hydrogen-bond donors (Lipinski definition) is 2. The summed E-state index contributed by atoms with van der Waals surface area (Å²) in [6.07, 6.45) is 1.60. The van der Waals surface area contributed by atoms with Gasteiger partial charge in [0.1, 0.15) is 11.4 Å². The van der Waals surface area contributed by atoms with Crippen molar-refractivity contribution in [1.29, 1.82) is 0 Å². The van der Waals surface area contributed by atoms with Crippen LogP contribution in [0.25, 0.3) is 0 Å². The van der Waals surface area contributed by atoms with Crippen LogP contribution in [0.4, 0.5) is 4.39 Å². The van der Waals surface area contributed by atoms with Gasteiger partial charge in [0, 0.05) is 28.3 Å². The van der Waals surface area contributed by atoms with E-state index in [1.807, 2.05) is 13.8 Å². The largest absolute Gasteiger partial charge is 0.345 e. The third-order valence-corrected chi connectivity index (χ3v) is 6.40. The number of pyridine rings is 1. The summed E-state index contributed by atoms with van der Waals surface area (Å²) in [5, 5.41) is 2.85. The van der Waals surface area contributed by atoms with Gasteiger partial charge in [-0.1, -0.05) is 13.8 Å². The summed E-state index contributed by atoms with van der Waals surface area (Å²) >= 11 is 1.62. The zero-order valence-electron chi connectivity index (χ0n) is 15.7. The van der Waals surface area contributed by atoms with Crippen LogP contribution in [0.3, 0.4) is 0 Å². The van der Waals surface area contributed by atoms with E-state index in [1.54, 1.807) is 17.8 Å². The summed E-state index contributed by atoms with van der Waals surface area (Å²) in [7, 11) is 0. The Morgan fingerprint density at radius 1 is 1.25 bits per heavy atom. The van der Waals surface area contributed by atoms with Crippen molar-refractivity contribution in [1.82, 2.24) is 10.3 Å². The molecule has 7 heteroatoms. The van der Waals surface area contributed by atoms with Crippen molar-refractivity contribution < 1.29 is 14.0 Å². The third kappa shape index (κ3) is 3.51. The Balaban J connectivity index is 1.64. The maximum atomic E-state index is 13.7. The average molecular weight is 400 g/mol. The number of nitrogens with one attached hydrogen (secondary N) is 2. The fraction of sp³-hybridized carbons (Fsp3) is 0.381. The molecule has 1 aromatic heterocycles. The van der Waals surface area contributed by atoms with E-state index in [9.17, 15) is 18.8 Å². The summed E-state index contributed by atoms with van der Waals surface area (Å²) in [5.41, 5.74) is 0.912. The zero-order chi connectivity index (χ0) is 20.1. The second kappa shape index (κ2) is 6.88. The molecule has 5 nitrogen and oxygen atoms in total. The number of hydrogen-bond acceptors (Lipinski definition) is 4. The summed E-state index contributed by atoms with van der Waals surface area (Å²) in [6.45, 7) is 3.95. The predicted molar refractivity (Wildman–Crippen MR) is 105 cm³/mol. The quantitative estimate of drug-likeness (QED) is 0.807. The number of benzene rings is 1. The highest BCUT2D eigenvalue weighted by atomic mass is 32.2. The fourth-order valence-electron chi connectivity index (χ4n) is 3.95. The van der Waals surface area contributed by atoms with Gasteiger partial charge in [0.2, 0.25) is 0 Å². The summed E-state index contributed by atoms with van der Waals surface area (Å²) in [5.74, 6) is -0.190. The van der Waals surface area contributed by atoms with Gasteiger partial charge in [-0.3, -0.25) is 14.4 Å². The highest BCUT2D eigenvalue weighted by Gasteiger charge is 2.33. The first-order valence-corrected chi connectivity index (χ1v) is 10.2. The fourth-order valence-corrected chi connectivity index (χ4v) is 5.05. The second-order valence-electron chi connectivity index (χ2n) is 8.19. The molecule has 1 amide bonds. The minimum absolute atomic E-state index is 0.0713. The number of thioether (sulfide) groups is 1. The van der Waals surface area contributed by atoms with Crippen LogP contribution in [-0.2, 0) is 6.42 Å². The van der Waals surface area contributed by atoms with Gasteiger partial charge in [-0.15, -0.1) is 11.8 Å². The van der Waals surface area contributed by atoms with Gasteiger partial charge in [0.15, 0.2) is 5.78 Å². The third-order valence-electron chi connectivity index (χ3n) is 5.28. The van der Waals surface area contributed by atoms with Crippen molar-refractivity contribution in [3.8, 4) is 0 Å². The molecule has 1 aliphatic carbocycles. The molecule has 28 heavy (non-hydrogen) atoms. The van der Waals surface area contributed by atoms with Gasteiger partial charge in [-0.05, 0) is 48.1 Å². The van der Waals surface area contributed by atoms with E-state index in [2.05, 4.69) is 10.3 Å². The molecular weight excluding hydrogens is 379 g/mol. The Bertz CT molecular complexity index is 1040. The standard InChI is InChI=1S/C21H21FN2O3S/c1-21(2)9-16-12(17(25)10-21)8-14(20(27)24-16)19(26)23-15-5-6-28-18-4-3-11(22)7-13(15)18/h3-4,7-8,15H,5-6,9-10H2,1-2H3,(H,23,26)(H,24,27). The molecule has 0 radical (unpaired) electrons. The van der Waals surface area contributed by atoms with E-state index < -0.39 is 11.5 Å². The minimum atomic E-state index is -0.547. The lowest BCUT2D eigenvalue weighted by atomic mass is 9.75. The Labute approximate surface area is 166 Å². The molecule has 0 spiro atoms. The van der Waals surface area contributed by atoms with Crippen molar-refractivity contribution >= 4 is 23.5 Å². The Morgan fingerprint density at radius 2 is 2.04 bits per heavy atom. The molecule has 2 N–H and O–H groups in total. The summed E-state index contributed by atoms with van der Waals surface area (Å²) in [4.78, 5) is 41.4. The molecule has 0 bridgehead atoms. The topological polar surface area (TPSA) is 79.0 Å². The zero-order valence-corrected chi connectivity index (χ0v) is 16.5. The molecule has 146 valence electrons. The van der Waals surface area contributed by atoms with Crippen LogP contribution in [0.2, 0.25) is 0 Å². The highest BCUT2D eigenvalue weighted by Crippen LogP contribution is 2.37. The normalized spacial score (nSPS) is 20.2. The first kappa shape index (κ1) is 18.9. The predicted octanol–water partition coefficient (Wildman–Crippen LogP) is 3.64. The molecule has 1 atom stereocenters. The van der Waals surface area contributed by atoms with Gasteiger partial charge in [0.05, 0.1) is 6.04 Å². The molecule has 2 heterocycles. The van der Waals surface area contributed by atoms with E-state index in [4.69, 9.17) is 0 Å². The van der Waals surface area contributed by atoms with Gasteiger partial charge in [0.25, 0.3) is 11.5 Å². The van der Waals surface area contributed by atoms with Crippen molar-refractivity contribution in [2.45, 2.75) is 44.0 Å². The smallest absolute Gasteiger partial charge is 0.261 e. The molecule has 4 rings (SSSR count). The van der Waals surface area contributed by atoms with E-state index >= 15 is 0 Å². The number of carbonyl (C=O) groups excluding carboxylic acids is 2. The van der Waals surface area contributed by atoms with Crippen LogP contribution in [-0.4, -0.2) is 22.4 Å².